The fraction of sp³-hybridized carbons (Fsp3) is 0.355. The van der Waals surface area contributed by atoms with Crippen molar-refractivity contribution in [1.82, 2.24) is 14.5 Å². The number of hydrogen-bond donors (Lipinski definition) is 2. The molecule has 2 aliphatic rings. The Balaban J connectivity index is 1.16. The lowest BCUT2D eigenvalue weighted by atomic mass is 9.88. The van der Waals surface area contributed by atoms with E-state index < -0.39 is 18.4 Å². The fourth-order valence-electron chi connectivity index (χ4n) is 5.74. The van der Waals surface area contributed by atoms with Crippen molar-refractivity contribution in [3.63, 3.8) is 0 Å². The molecule has 1 atom stereocenters. The largest absolute Gasteiger partial charge is 0.447 e. The average molecular weight is 559 g/mol. The van der Waals surface area contributed by atoms with E-state index in [9.17, 15) is 14.6 Å². The van der Waals surface area contributed by atoms with E-state index >= 15 is 0 Å². The van der Waals surface area contributed by atoms with Gasteiger partial charge in [-0.2, -0.15) is 5.26 Å². The van der Waals surface area contributed by atoms with E-state index in [2.05, 4.69) is 15.5 Å². The minimum Gasteiger partial charge on any atom is -0.447 e. The van der Waals surface area contributed by atoms with Gasteiger partial charge in [0.25, 0.3) is 6.29 Å². The molecule has 0 saturated carbocycles. The van der Waals surface area contributed by atoms with Crippen molar-refractivity contribution in [2.45, 2.75) is 44.4 Å². The van der Waals surface area contributed by atoms with Crippen LogP contribution in [0.2, 0.25) is 0 Å². The van der Waals surface area contributed by atoms with Gasteiger partial charge in [-0.1, -0.05) is 18.2 Å². The number of imidazole rings is 1. The van der Waals surface area contributed by atoms with Crippen LogP contribution in [-0.2, 0) is 17.8 Å². The molecule has 3 heterocycles. The zero-order valence-corrected chi connectivity index (χ0v) is 22.7. The molecule has 0 amide bonds. The SMILES string of the molecule is COCCn1c(CN2CCC(c3cccc4c3OC(c3ccc(C#N)cc3F)O4)CC2)nc2ccc(C(O)O)cc21. The number of halogens is 1. The predicted octanol–water partition coefficient (Wildman–Crippen LogP) is 4.53. The lowest BCUT2D eigenvalue weighted by Crippen LogP contribution is -2.33. The smallest absolute Gasteiger partial charge is 0.270 e. The van der Waals surface area contributed by atoms with Crippen molar-refractivity contribution in [1.29, 1.82) is 5.26 Å². The minimum atomic E-state index is -1.54. The Morgan fingerprint density at radius 3 is 2.66 bits per heavy atom. The normalized spacial score (nSPS) is 17.4. The molecule has 1 saturated heterocycles. The van der Waals surface area contributed by atoms with Gasteiger partial charge < -0.3 is 29.0 Å². The zero-order valence-electron chi connectivity index (χ0n) is 22.7. The lowest BCUT2D eigenvalue weighted by Gasteiger charge is -2.32. The Labute approximate surface area is 236 Å². The number of benzene rings is 3. The standard InChI is InChI=1S/C31H31FN4O5/c1-39-14-13-36-26-16-21(30(37)38)6-8-25(26)34-28(36)18-35-11-9-20(10-12-35)22-3-2-4-27-29(22)41-31(40-27)23-7-5-19(17-33)15-24(23)32/h2-8,15-16,20,30-31,37-38H,9-14,18H2,1H3. The molecule has 0 radical (unpaired) electrons. The molecule has 2 N–H and O–H groups in total. The van der Waals surface area contributed by atoms with Crippen molar-refractivity contribution in [3.8, 4) is 17.6 Å². The maximum atomic E-state index is 14.7. The summed E-state index contributed by atoms with van der Waals surface area (Å²) in [4.78, 5) is 7.23. The Morgan fingerprint density at radius 2 is 1.93 bits per heavy atom. The summed E-state index contributed by atoms with van der Waals surface area (Å²) in [6.45, 7) is 3.50. The highest BCUT2D eigenvalue weighted by Gasteiger charge is 2.33. The topological polar surface area (TPSA) is 113 Å². The number of hydrogen-bond acceptors (Lipinski definition) is 8. The number of likely N-dealkylation sites (tertiary alicyclic amines) is 1. The third-order valence-electron chi connectivity index (χ3n) is 7.91. The Morgan fingerprint density at radius 1 is 1.10 bits per heavy atom. The van der Waals surface area contributed by atoms with Gasteiger partial charge in [0.15, 0.2) is 17.8 Å². The molecule has 6 rings (SSSR count). The summed E-state index contributed by atoms with van der Waals surface area (Å²) in [7, 11) is 1.66. The number of aliphatic hydroxyl groups excluding tert-OH is 1. The Bertz CT molecular complexity index is 1610. The molecule has 3 aromatic carbocycles. The predicted molar refractivity (Wildman–Crippen MR) is 148 cm³/mol. The second-order valence-corrected chi connectivity index (χ2v) is 10.4. The minimum absolute atomic E-state index is 0.247. The molecule has 10 heteroatoms. The number of aliphatic hydroxyl groups is 2. The maximum Gasteiger partial charge on any atom is 0.270 e. The van der Waals surface area contributed by atoms with Crippen LogP contribution in [0.1, 0.15) is 59.4 Å². The van der Waals surface area contributed by atoms with Crippen LogP contribution in [0.5, 0.6) is 11.5 Å². The molecular weight excluding hydrogens is 527 g/mol. The quantitative estimate of drug-likeness (QED) is 0.304. The van der Waals surface area contributed by atoms with Gasteiger partial charge in [0.1, 0.15) is 11.6 Å². The van der Waals surface area contributed by atoms with Crippen molar-refractivity contribution >= 4 is 11.0 Å². The van der Waals surface area contributed by atoms with Gasteiger partial charge in [0.2, 0.25) is 0 Å². The Hall–Kier alpha value is -4.01. The van der Waals surface area contributed by atoms with Gasteiger partial charge in [-0.3, -0.25) is 4.90 Å². The summed E-state index contributed by atoms with van der Waals surface area (Å²) < 4.78 is 34.2. The van der Waals surface area contributed by atoms with E-state index in [1.54, 1.807) is 25.3 Å². The lowest BCUT2D eigenvalue weighted by molar-refractivity contribution is -0.0424. The second kappa shape index (κ2) is 11.5. The van der Waals surface area contributed by atoms with E-state index in [0.717, 1.165) is 48.4 Å². The molecule has 0 spiro atoms. The molecule has 212 valence electrons. The van der Waals surface area contributed by atoms with Crippen molar-refractivity contribution < 1.29 is 28.8 Å². The third-order valence-corrected chi connectivity index (χ3v) is 7.91. The molecule has 9 nitrogen and oxygen atoms in total. The first-order valence-corrected chi connectivity index (χ1v) is 13.7. The highest BCUT2D eigenvalue weighted by atomic mass is 19.1. The molecule has 1 aromatic heterocycles. The van der Waals surface area contributed by atoms with Gasteiger partial charge in [-0.15, -0.1) is 0 Å². The van der Waals surface area contributed by atoms with E-state index in [-0.39, 0.29) is 17.0 Å². The van der Waals surface area contributed by atoms with Crippen molar-refractivity contribution in [2.75, 3.05) is 26.8 Å². The summed E-state index contributed by atoms with van der Waals surface area (Å²) in [5.74, 6) is 1.89. The number of ether oxygens (including phenoxy) is 3. The number of piperidine rings is 1. The van der Waals surface area contributed by atoms with Gasteiger partial charge in [0, 0.05) is 24.8 Å². The average Bonchev–Trinajstić information content (AvgIpc) is 3.57. The van der Waals surface area contributed by atoms with Gasteiger partial charge >= 0.3 is 0 Å². The summed E-state index contributed by atoms with van der Waals surface area (Å²) in [5, 5.41) is 28.3. The van der Waals surface area contributed by atoms with Crippen LogP contribution in [0.15, 0.2) is 54.6 Å². The van der Waals surface area contributed by atoms with Crippen LogP contribution in [0.4, 0.5) is 4.39 Å². The highest BCUT2D eigenvalue weighted by Crippen LogP contribution is 2.47. The third kappa shape index (κ3) is 5.37. The zero-order chi connectivity index (χ0) is 28.5. The van der Waals surface area contributed by atoms with Crippen LogP contribution >= 0.6 is 0 Å². The first kappa shape index (κ1) is 27.2. The number of methoxy groups -OCH3 is 1. The fourth-order valence-corrected chi connectivity index (χ4v) is 5.74. The molecule has 41 heavy (non-hydrogen) atoms. The first-order chi connectivity index (χ1) is 19.9. The second-order valence-electron chi connectivity index (χ2n) is 10.4. The first-order valence-electron chi connectivity index (χ1n) is 13.7. The maximum absolute atomic E-state index is 14.7. The van der Waals surface area contributed by atoms with Gasteiger partial charge in [-0.05, 0) is 68.2 Å². The van der Waals surface area contributed by atoms with E-state index in [1.807, 2.05) is 24.3 Å². The molecule has 1 fully saturated rings. The summed E-state index contributed by atoms with van der Waals surface area (Å²) >= 11 is 0. The van der Waals surface area contributed by atoms with Crippen LogP contribution < -0.4 is 9.47 Å². The van der Waals surface area contributed by atoms with E-state index in [0.29, 0.717) is 36.8 Å². The van der Waals surface area contributed by atoms with Gasteiger partial charge in [-0.25, -0.2) is 9.37 Å². The molecule has 0 aliphatic carbocycles. The molecular formula is C31H31FN4O5. The van der Waals surface area contributed by atoms with Crippen LogP contribution in [-0.4, -0.2) is 51.5 Å². The van der Waals surface area contributed by atoms with Gasteiger partial charge in [0.05, 0.1) is 41.4 Å². The van der Waals surface area contributed by atoms with E-state index in [4.69, 9.17) is 24.5 Å². The van der Waals surface area contributed by atoms with Crippen LogP contribution in [0.3, 0.4) is 0 Å². The summed E-state index contributed by atoms with van der Waals surface area (Å²) in [6, 6.07) is 17.3. The summed E-state index contributed by atoms with van der Waals surface area (Å²) in [5.41, 5.74) is 3.65. The molecule has 2 aliphatic heterocycles. The number of nitrogens with zero attached hydrogens (tertiary/aromatic N) is 4. The number of fused-ring (bicyclic) bond motifs is 2. The Kier molecular flexibility index (Phi) is 7.60. The number of rotatable bonds is 8. The summed E-state index contributed by atoms with van der Waals surface area (Å²) in [6.07, 6.45) is -0.615. The number of aromatic nitrogens is 2. The van der Waals surface area contributed by atoms with Crippen molar-refractivity contribution in [3.05, 3.63) is 88.5 Å². The van der Waals surface area contributed by atoms with E-state index in [1.165, 1.54) is 12.1 Å². The number of para-hydroxylation sites is 1. The molecule has 4 aromatic rings. The van der Waals surface area contributed by atoms with Crippen LogP contribution in [0, 0.1) is 17.1 Å². The van der Waals surface area contributed by atoms with Crippen molar-refractivity contribution in [2.24, 2.45) is 0 Å². The van der Waals surface area contributed by atoms with Crippen LogP contribution in [0.25, 0.3) is 11.0 Å². The monoisotopic (exact) mass is 558 g/mol. The number of nitriles is 1. The molecule has 0 bridgehead atoms. The molecule has 1 unspecified atom stereocenters. The highest BCUT2D eigenvalue weighted by molar-refractivity contribution is 5.77.